The number of rotatable bonds is 2. The lowest BCUT2D eigenvalue weighted by atomic mass is 10.1. The predicted molar refractivity (Wildman–Crippen MR) is 54.5 cm³/mol. The zero-order valence-corrected chi connectivity index (χ0v) is 7.94. The number of nitrogens with one attached hydrogen (secondary N) is 1. The number of nitrogen functional groups attached to an aromatic ring is 1. The quantitative estimate of drug-likeness (QED) is 0.658. The van der Waals surface area contributed by atoms with Crippen molar-refractivity contribution < 1.29 is 0 Å². The summed E-state index contributed by atoms with van der Waals surface area (Å²) in [7, 11) is 0. The third-order valence-corrected chi connectivity index (χ3v) is 1.91. The Labute approximate surface area is 73.8 Å². The van der Waals surface area contributed by atoms with Gasteiger partial charge in [-0.15, -0.1) is 0 Å². The number of anilines is 2. The largest absolute Gasteiger partial charge is 0.399 e. The van der Waals surface area contributed by atoms with E-state index in [4.69, 9.17) is 5.73 Å². The van der Waals surface area contributed by atoms with Gasteiger partial charge in [-0.1, -0.05) is 0 Å². The summed E-state index contributed by atoms with van der Waals surface area (Å²) >= 11 is 0. The molecule has 0 aliphatic heterocycles. The van der Waals surface area contributed by atoms with Crippen LogP contribution in [0.2, 0.25) is 0 Å². The Balaban J connectivity index is 3.10. The second-order valence-corrected chi connectivity index (χ2v) is 3.06. The average molecular weight is 164 g/mol. The second-order valence-electron chi connectivity index (χ2n) is 3.06. The number of nitrogens with two attached hydrogens (primary N) is 1. The summed E-state index contributed by atoms with van der Waals surface area (Å²) in [6.07, 6.45) is 0. The Bertz CT molecular complexity index is 256. The van der Waals surface area contributed by atoms with E-state index in [-0.39, 0.29) is 0 Å². The normalized spacial score (nSPS) is 9.92. The van der Waals surface area contributed by atoms with Crippen LogP contribution in [0.4, 0.5) is 11.4 Å². The van der Waals surface area contributed by atoms with Gasteiger partial charge >= 0.3 is 0 Å². The first kappa shape index (κ1) is 8.91. The molecule has 0 radical (unpaired) electrons. The van der Waals surface area contributed by atoms with Crippen molar-refractivity contribution in [3.05, 3.63) is 23.3 Å². The molecule has 0 aliphatic carbocycles. The third kappa shape index (κ3) is 1.70. The molecule has 12 heavy (non-hydrogen) atoms. The molecule has 2 heteroatoms. The molecule has 0 bridgehead atoms. The number of hydrogen-bond donors (Lipinski definition) is 2. The van der Waals surface area contributed by atoms with Crippen LogP contribution in [0.3, 0.4) is 0 Å². The molecule has 0 aromatic heterocycles. The van der Waals surface area contributed by atoms with Crippen molar-refractivity contribution in [1.29, 1.82) is 0 Å². The van der Waals surface area contributed by atoms with Crippen molar-refractivity contribution in [2.75, 3.05) is 17.6 Å². The first-order valence-corrected chi connectivity index (χ1v) is 4.25. The van der Waals surface area contributed by atoms with Crippen molar-refractivity contribution in [1.82, 2.24) is 0 Å². The fraction of sp³-hybridized carbons (Fsp3) is 0.400. The number of hydrogen-bond acceptors (Lipinski definition) is 2. The minimum atomic E-state index is 0.839. The van der Waals surface area contributed by atoms with Crippen LogP contribution >= 0.6 is 0 Å². The summed E-state index contributed by atoms with van der Waals surface area (Å²) < 4.78 is 0. The molecule has 0 atom stereocenters. The van der Waals surface area contributed by atoms with Crippen LogP contribution < -0.4 is 11.1 Å². The van der Waals surface area contributed by atoms with E-state index >= 15 is 0 Å². The maximum atomic E-state index is 5.70. The first-order valence-electron chi connectivity index (χ1n) is 4.25. The van der Waals surface area contributed by atoms with Gasteiger partial charge in [0, 0.05) is 17.9 Å². The van der Waals surface area contributed by atoms with Crippen molar-refractivity contribution in [3.8, 4) is 0 Å². The van der Waals surface area contributed by atoms with Crippen LogP contribution in [0.25, 0.3) is 0 Å². The van der Waals surface area contributed by atoms with Gasteiger partial charge in [0.25, 0.3) is 0 Å². The van der Waals surface area contributed by atoms with E-state index in [1.54, 1.807) is 0 Å². The highest BCUT2D eigenvalue weighted by Gasteiger charge is 2.01. The Kier molecular flexibility index (Phi) is 2.58. The minimum absolute atomic E-state index is 0.839. The zero-order chi connectivity index (χ0) is 9.14. The van der Waals surface area contributed by atoms with Crippen molar-refractivity contribution in [3.63, 3.8) is 0 Å². The summed E-state index contributed by atoms with van der Waals surface area (Å²) in [5.41, 5.74) is 10.2. The molecule has 0 fully saturated rings. The van der Waals surface area contributed by atoms with E-state index in [1.165, 1.54) is 16.8 Å². The van der Waals surface area contributed by atoms with Gasteiger partial charge < -0.3 is 11.1 Å². The van der Waals surface area contributed by atoms with Gasteiger partial charge in [0.2, 0.25) is 0 Å². The maximum absolute atomic E-state index is 5.70. The molecule has 1 aromatic carbocycles. The Morgan fingerprint density at radius 2 is 1.75 bits per heavy atom. The average Bonchev–Trinajstić information content (AvgIpc) is 1.96. The van der Waals surface area contributed by atoms with Crippen LogP contribution in [0.15, 0.2) is 12.1 Å². The minimum Gasteiger partial charge on any atom is -0.399 e. The van der Waals surface area contributed by atoms with Crippen LogP contribution in [0, 0.1) is 13.8 Å². The highest BCUT2D eigenvalue weighted by Crippen LogP contribution is 2.22. The third-order valence-electron chi connectivity index (χ3n) is 1.91. The van der Waals surface area contributed by atoms with E-state index < -0.39 is 0 Å². The van der Waals surface area contributed by atoms with Gasteiger partial charge in [-0.05, 0) is 44.0 Å². The lowest BCUT2D eigenvalue weighted by molar-refractivity contribution is 1.18. The highest BCUT2D eigenvalue weighted by molar-refractivity contribution is 5.62. The summed E-state index contributed by atoms with van der Waals surface area (Å²) in [5.74, 6) is 0. The number of aryl methyl sites for hydroxylation is 2. The Morgan fingerprint density at radius 1 is 1.25 bits per heavy atom. The first-order chi connectivity index (χ1) is 5.65. The van der Waals surface area contributed by atoms with Crippen LogP contribution in [-0.4, -0.2) is 6.54 Å². The molecular formula is C10H16N2. The Hall–Kier alpha value is -1.18. The SMILES string of the molecule is CCNc1c(C)cc(N)cc1C. The number of benzene rings is 1. The molecule has 0 heterocycles. The van der Waals surface area contributed by atoms with Crippen LogP contribution in [0.1, 0.15) is 18.1 Å². The predicted octanol–water partition coefficient (Wildman–Crippen LogP) is 2.32. The molecular weight excluding hydrogens is 148 g/mol. The molecule has 3 N–H and O–H groups in total. The lowest BCUT2D eigenvalue weighted by Gasteiger charge is -2.11. The van der Waals surface area contributed by atoms with Crippen LogP contribution in [0.5, 0.6) is 0 Å². The molecule has 0 aliphatic rings. The Morgan fingerprint density at radius 3 is 2.17 bits per heavy atom. The highest BCUT2D eigenvalue weighted by atomic mass is 14.9. The van der Waals surface area contributed by atoms with Gasteiger partial charge in [0.05, 0.1) is 0 Å². The smallest absolute Gasteiger partial charge is 0.0401 e. The summed E-state index contributed by atoms with van der Waals surface area (Å²) in [5, 5.41) is 3.32. The van der Waals surface area contributed by atoms with Gasteiger partial charge in [-0.25, -0.2) is 0 Å². The van der Waals surface area contributed by atoms with E-state index in [0.29, 0.717) is 0 Å². The van der Waals surface area contributed by atoms with Gasteiger partial charge in [0.1, 0.15) is 0 Å². The van der Waals surface area contributed by atoms with Gasteiger partial charge in [0.15, 0.2) is 0 Å². The van der Waals surface area contributed by atoms with Crippen molar-refractivity contribution >= 4 is 11.4 Å². The lowest BCUT2D eigenvalue weighted by Crippen LogP contribution is -2.02. The van der Waals surface area contributed by atoms with Crippen molar-refractivity contribution in [2.45, 2.75) is 20.8 Å². The van der Waals surface area contributed by atoms with Gasteiger partial charge in [-0.3, -0.25) is 0 Å². The van der Waals surface area contributed by atoms with E-state index in [1.807, 2.05) is 12.1 Å². The van der Waals surface area contributed by atoms with Crippen LogP contribution in [-0.2, 0) is 0 Å². The standard InChI is InChI=1S/C10H16N2/c1-4-12-10-7(2)5-9(11)6-8(10)3/h5-6,12H,4,11H2,1-3H3. The molecule has 0 amide bonds. The van der Waals surface area contributed by atoms with E-state index in [0.717, 1.165) is 12.2 Å². The summed E-state index contributed by atoms with van der Waals surface area (Å²) in [6, 6.07) is 3.98. The molecule has 2 nitrogen and oxygen atoms in total. The van der Waals surface area contributed by atoms with E-state index in [9.17, 15) is 0 Å². The van der Waals surface area contributed by atoms with E-state index in [2.05, 4.69) is 26.1 Å². The second kappa shape index (κ2) is 3.48. The molecule has 0 unspecified atom stereocenters. The zero-order valence-electron chi connectivity index (χ0n) is 7.94. The molecule has 0 saturated heterocycles. The molecule has 0 saturated carbocycles. The molecule has 66 valence electrons. The van der Waals surface area contributed by atoms with Crippen molar-refractivity contribution in [2.24, 2.45) is 0 Å². The fourth-order valence-electron chi connectivity index (χ4n) is 1.45. The molecule has 1 aromatic rings. The summed E-state index contributed by atoms with van der Waals surface area (Å²) in [4.78, 5) is 0. The molecule has 0 spiro atoms. The maximum Gasteiger partial charge on any atom is 0.0401 e. The fourth-order valence-corrected chi connectivity index (χ4v) is 1.45. The topological polar surface area (TPSA) is 38.0 Å². The molecule has 1 rings (SSSR count). The monoisotopic (exact) mass is 164 g/mol. The van der Waals surface area contributed by atoms with Gasteiger partial charge in [-0.2, -0.15) is 0 Å². The summed E-state index contributed by atoms with van der Waals surface area (Å²) in [6.45, 7) is 7.18.